The molecular weight excluding hydrogens is 302 g/mol. The molecule has 0 unspecified atom stereocenters. The predicted octanol–water partition coefficient (Wildman–Crippen LogP) is 5.01. The van der Waals surface area contributed by atoms with Crippen LogP contribution in [0.4, 0.5) is 10.5 Å². The van der Waals surface area contributed by atoms with Gasteiger partial charge in [0.05, 0.1) is 12.3 Å². The number of hydrogen-bond acceptors (Lipinski definition) is 3. The molecule has 0 bridgehead atoms. The third-order valence-electron chi connectivity index (χ3n) is 3.93. The smallest absolute Gasteiger partial charge is 0.411 e. The first-order chi connectivity index (χ1) is 11.5. The molecule has 0 radical (unpaired) electrons. The van der Waals surface area contributed by atoms with Gasteiger partial charge in [0.15, 0.2) is 0 Å². The minimum atomic E-state index is -0.454. The Morgan fingerprint density at radius 2 is 1.79 bits per heavy atom. The molecule has 1 N–H and O–H groups in total. The van der Waals surface area contributed by atoms with Crippen molar-refractivity contribution in [2.24, 2.45) is 0 Å². The predicted molar refractivity (Wildman–Crippen MR) is 96.7 cm³/mol. The quantitative estimate of drug-likeness (QED) is 0.811. The number of para-hydroxylation sites is 1. The normalized spacial score (nSPS) is 10.3. The zero-order valence-electron chi connectivity index (χ0n) is 14.8. The van der Waals surface area contributed by atoms with Crippen LogP contribution in [0, 0.1) is 13.8 Å². The number of benzene rings is 2. The lowest BCUT2D eigenvalue weighted by atomic mass is 10.0. The van der Waals surface area contributed by atoms with Gasteiger partial charge in [-0.05, 0) is 56.0 Å². The van der Waals surface area contributed by atoms with Gasteiger partial charge in [0, 0.05) is 5.56 Å². The minimum absolute atomic E-state index is 0.340. The highest BCUT2D eigenvalue weighted by Crippen LogP contribution is 2.25. The molecule has 0 saturated heterocycles. The van der Waals surface area contributed by atoms with Crippen LogP contribution in [0.15, 0.2) is 36.4 Å². The average Bonchev–Trinajstić information content (AvgIpc) is 2.56. The van der Waals surface area contributed by atoms with Gasteiger partial charge < -0.3 is 9.47 Å². The standard InChI is InChI=1S/C20H25NO3/c1-5-16-11-15(4)19(12-14(16)3)24-13-17-9-7-8-10-18(17)21-20(22)23-6-2/h7-12H,5-6,13H2,1-4H3,(H,21,22). The average molecular weight is 327 g/mol. The number of anilines is 1. The summed E-state index contributed by atoms with van der Waals surface area (Å²) in [6, 6.07) is 11.8. The highest BCUT2D eigenvalue weighted by Gasteiger charge is 2.09. The maximum Gasteiger partial charge on any atom is 0.411 e. The van der Waals surface area contributed by atoms with Gasteiger partial charge in [0.2, 0.25) is 0 Å². The first kappa shape index (κ1) is 17.9. The molecule has 0 fully saturated rings. The molecule has 2 aromatic rings. The number of amides is 1. The highest BCUT2D eigenvalue weighted by atomic mass is 16.5. The molecule has 0 atom stereocenters. The van der Waals surface area contributed by atoms with Crippen LogP contribution in [0.1, 0.15) is 36.1 Å². The number of carbonyl (C=O) groups is 1. The number of rotatable bonds is 6. The van der Waals surface area contributed by atoms with Gasteiger partial charge >= 0.3 is 6.09 Å². The maximum absolute atomic E-state index is 11.6. The summed E-state index contributed by atoms with van der Waals surface area (Å²) in [5, 5.41) is 2.75. The van der Waals surface area contributed by atoms with Crippen LogP contribution in [0.2, 0.25) is 0 Å². The third-order valence-corrected chi connectivity index (χ3v) is 3.93. The Kier molecular flexibility index (Phi) is 6.24. The van der Waals surface area contributed by atoms with Crippen molar-refractivity contribution in [2.75, 3.05) is 11.9 Å². The van der Waals surface area contributed by atoms with E-state index >= 15 is 0 Å². The third kappa shape index (κ3) is 4.51. The molecule has 0 spiro atoms. The van der Waals surface area contributed by atoms with Crippen LogP contribution in [0.5, 0.6) is 5.75 Å². The molecule has 4 nitrogen and oxygen atoms in total. The molecule has 0 aromatic heterocycles. The summed E-state index contributed by atoms with van der Waals surface area (Å²) in [5.74, 6) is 0.871. The maximum atomic E-state index is 11.6. The van der Waals surface area contributed by atoms with Crippen LogP contribution in [-0.2, 0) is 17.8 Å². The molecular formula is C20H25NO3. The van der Waals surface area contributed by atoms with Crippen molar-refractivity contribution in [1.82, 2.24) is 0 Å². The van der Waals surface area contributed by atoms with E-state index in [-0.39, 0.29) is 0 Å². The lowest BCUT2D eigenvalue weighted by Gasteiger charge is -2.15. The van der Waals surface area contributed by atoms with Crippen molar-refractivity contribution in [1.29, 1.82) is 0 Å². The van der Waals surface area contributed by atoms with Crippen LogP contribution in [0.3, 0.4) is 0 Å². The topological polar surface area (TPSA) is 47.6 Å². The lowest BCUT2D eigenvalue weighted by molar-refractivity contribution is 0.168. The van der Waals surface area contributed by atoms with Crippen molar-refractivity contribution >= 4 is 11.8 Å². The summed E-state index contributed by atoms with van der Waals surface area (Å²) in [6.07, 6.45) is 0.559. The molecule has 0 aliphatic heterocycles. The summed E-state index contributed by atoms with van der Waals surface area (Å²) < 4.78 is 10.9. The van der Waals surface area contributed by atoms with Crippen molar-refractivity contribution in [3.63, 3.8) is 0 Å². The van der Waals surface area contributed by atoms with E-state index in [1.165, 1.54) is 11.1 Å². The van der Waals surface area contributed by atoms with Crippen LogP contribution < -0.4 is 10.1 Å². The van der Waals surface area contributed by atoms with E-state index in [2.05, 4.69) is 38.2 Å². The van der Waals surface area contributed by atoms with Crippen LogP contribution in [0.25, 0.3) is 0 Å². The van der Waals surface area contributed by atoms with Gasteiger partial charge in [-0.2, -0.15) is 0 Å². The van der Waals surface area contributed by atoms with E-state index in [9.17, 15) is 4.79 Å². The fourth-order valence-electron chi connectivity index (χ4n) is 2.59. The second kappa shape index (κ2) is 8.39. The Balaban J connectivity index is 2.12. The molecule has 0 saturated carbocycles. The van der Waals surface area contributed by atoms with Crippen LogP contribution >= 0.6 is 0 Å². The first-order valence-electron chi connectivity index (χ1n) is 8.29. The van der Waals surface area contributed by atoms with Gasteiger partial charge in [0.25, 0.3) is 0 Å². The van der Waals surface area contributed by atoms with E-state index in [0.29, 0.717) is 18.9 Å². The summed E-state index contributed by atoms with van der Waals surface area (Å²) in [7, 11) is 0. The number of aryl methyl sites for hydroxylation is 3. The van der Waals surface area contributed by atoms with Gasteiger partial charge in [0.1, 0.15) is 12.4 Å². The first-order valence-corrected chi connectivity index (χ1v) is 8.29. The Bertz CT molecular complexity index is 710. The summed E-state index contributed by atoms with van der Waals surface area (Å²) in [5.41, 5.74) is 5.30. The van der Waals surface area contributed by atoms with Crippen LogP contribution in [-0.4, -0.2) is 12.7 Å². The van der Waals surface area contributed by atoms with Crippen molar-refractivity contribution in [3.05, 3.63) is 58.7 Å². The van der Waals surface area contributed by atoms with Gasteiger partial charge in [-0.25, -0.2) is 4.79 Å². The molecule has 2 aromatic carbocycles. The van der Waals surface area contributed by atoms with E-state index in [4.69, 9.17) is 9.47 Å². The second-order valence-electron chi connectivity index (χ2n) is 5.69. The molecule has 24 heavy (non-hydrogen) atoms. The highest BCUT2D eigenvalue weighted by molar-refractivity contribution is 5.85. The lowest BCUT2D eigenvalue weighted by Crippen LogP contribution is -2.15. The number of hydrogen-bond donors (Lipinski definition) is 1. The zero-order chi connectivity index (χ0) is 17.5. The molecule has 0 heterocycles. The van der Waals surface area contributed by atoms with E-state index in [1.807, 2.05) is 24.3 Å². The molecule has 0 aliphatic carbocycles. The Hall–Kier alpha value is -2.49. The second-order valence-corrected chi connectivity index (χ2v) is 5.69. The largest absolute Gasteiger partial charge is 0.489 e. The van der Waals surface area contributed by atoms with Gasteiger partial charge in [-0.1, -0.05) is 31.2 Å². The van der Waals surface area contributed by atoms with Crippen molar-refractivity contribution in [2.45, 2.75) is 40.7 Å². The minimum Gasteiger partial charge on any atom is -0.489 e. The Morgan fingerprint density at radius 3 is 2.50 bits per heavy atom. The monoisotopic (exact) mass is 327 g/mol. The number of carbonyl (C=O) groups excluding carboxylic acids is 1. The van der Waals surface area contributed by atoms with Gasteiger partial charge in [-0.3, -0.25) is 5.32 Å². The van der Waals surface area contributed by atoms with E-state index in [1.54, 1.807) is 6.92 Å². The van der Waals surface area contributed by atoms with E-state index in [0.717, 1.165) is 23.3 Å². The summed E-state index contributed by atoms with van der Waals surface area (Å²) in [4.78, 5) is 11.6. The fourth-order valence-corrected chi connectivity index (χ4v) is 2.59. The molecule has 1 amide bonds. The van der Waals surface area contributed by atoms with Crippen molar-refractivity contribution in [3.8, 4) is 5.75 Å². The number of nitrogens with one attached hydrogen (secondary N) is 1. The van der Waals surface area contributed by atoms with Crippen molar-refractivity contribution < 1.29 is 14.3 Å². The molecule has 128 valence electrons. The Labute approximate surface area is 143 Å². The molecule has 2 rings (SSSR count). The summed E-state index contributed by atoms with van der Waals surface area (Å²) >= 11 is 0. The Morgan fingerprint density at radius 1 is 1.04 bits per heavy atom. The van der Waals surface area contributed by atoms with E-state index < -0.39 is 6.09 Å². The molecule has 0 aliphatic rings. The van der Waals surface area contributed by atoms with Gasteiger partial charge in [-0.15, -0.1) is 0 Å². The summed E-state index contributed by atoms with van der Waals surface area (Å²) in [6.45, 7) is 8.80. The molecule has 4 heteroatoms. The SMILES string of the molecule is CCOC(=O)Nc1ccccc1COc1cc(C)c(CC)cc1C. The fraction of sp³-hybridized carbons (Fsp3) is 0.350. The zero-order valence-corrected chi connectivity index (χ0v) is 14.8. The number of ether oxygens (including phenoxy) is 2.